The van der Waals surface area contributed by atoms with Gasteiger partial charge in [0.05, 0.1) is 5.56 Å². The van der Waals surface area contributed by atoms with E-state index in [2.05, 4.69) is 10.6 Å². The quantitative estimate of drug-likeness (QED) is 0.510. The molecule has 1 aromatic rings. The van der Waals surface area contributed by atoms with E-state index in [9.17, 15) is 19.2 Å². The Labute approximate surface area is 159 Å². The van der Waals surface area contributed by atoms with Crippen LogP contribution >= 0.6 is 23.6 Å². The van der Waals surface area contributed by atoms with Crippen molar-refractivity contribution in [2.24, 2.45) is 5.73 Å². The third-order valence-corrected chi connectivity index (χ3v) is 5.77. The van der Waals surface area contributed by atoms with Gasteiger partial charge in [0, 0.05) is 17.7 Å². The molecule has 4 N–H and O–H groups in total. The molecule has 8 nitrogen and oxygen atoms in total. The van der Waals surface area contributed by atoms with Crippen LogP contribution in [0.1, 0.15) is 46.5 Å². The van der Waals surface area contributed by atoms with Crippen molar-refractivity contribution in [3.63, 3.8) is 0 Å². The molecule has 10 heteroatoms. The second kappa shape index (κ2) is 7.50. The van der Waals surface area contributed by atoms with Crippen molar-refractivity contribution in [2.75, 3.05) is 11.9 Å². The van der Waals surface area contributed by atoms with E-state index >= 15 is 0 Å². The number of primary amides is 1. The van der Waals surface area contributed by atoms with E-state index in [-0.39, 0.29) is 36.3 Å². The van der Waals surface area contributed by atoms with Gasteiger partial charge < -0.3 is 16.4 Å². The summed E-state index contributed by atoms with van der Waals surface area (Å²) >= 11 is 6.53. The number of nitrogens with zero attached hydrogens (tertiary/aromatic N) is 1. The van der Waals surface area contributed by atoms with E-state index in [4.69, 9.17) is 18.0 Å². The second-order valence-corrected chi connectivity index (χ2v) is 7.67. The van der Waals surface area contributed by atoms with Crippen LogP contribution in [0.4, 0.5) is 5.00 Å². The number of carbonyl (C=O) groups is 4. The number of likely N-dealkylation sites (tertiary alicyclic amines) is 1. The fourth-order valence-electron chi connectivity index (χ4n) is 3.16. The molecule has 2 heterocycles. The first kappa shape index (κ1) is 18.5. The van der Waals surface area contributed by atoms with Crippen molar-refractivity contribution >= 4 is 57.3 Å². The number of nitrogens with two attached hydrogens (primary N) is 1. The number of thiocarbonyl (C=S) groups is 1. The van der Waals surface area contributed by atoms with Crippen molar-refractivity contribution < 1.29 is 19.2 Å². The minimum atomic E-state index is -0.576. The van der Waals surface area contributed by atoms with Crippen molar-refractivity contribution in [1.82, 2.24) is 10.2 Å². The van der Waals surface area contributed by atoms with E-state index in [1.807, 2.05) is 0 Å². The zero-order chi connectivity index (χ0) is 18.8. The topological polar surface area (TPSA) is 122 Å². The predicted octanol–water partition coefficient (Wildman–Crippen LogP) is 0.688. The zero-order valence-electron chi connectivity index (χ0n) is 13.9. The number of imide groups is 1. The molecule has 1 aliphatic carbocycles. The minimum absolute atomic E-state index is 0.00445. The van der Waals surface area contributed by atoms with E-state index in [0.29, 0.717) is 10.6 Å². The van der Waals surface area contributed by atoms with Gasteiger partial charge in [0.25, 0.3) is 5.91 Å². The molecule has 1 aromatic heterocycles. The first-order valence-corrected chi connectivity index (χ1v) is 9.47. The Balaban J connectivity index is 1.66. The smallest absolute Gasteiger partial charge is 0.251 e. The summed E-state index contributed by atoms with van der Waals surface area (Å²) in [5.41, 5.74) is 6.89. The third-order valence-electron chi connectivity index (χ3n) is 4.35. The van der Waals surface area contributed by atoms with Crippen LogP contribution in [0.3, 0.4) is 0 Å². The summed E-state index contributed by atoms with van der Waals surface area (Å²) in [6, 6.07) is 0. The van der Waals surface area contributed by atoms with Gasteiger partial charge in [0.1, 0.15) is 11.5 Å². The zero-order valence-corrected chi connectivity index (χ0v) is 15.6. The average molecular weight is 394 g/mol. The van der Waals surface area contributed by atoms with Crippen LogP contribution in [0.15, 0.2) is 0 Å². The van der Waals surface area contributed by atoms with Crippen molar-refractivity contribution in [1.29, 1.82) is 0 Å². The maximum Gasteiger partial charge on any atom is 0.251 e. The van der Waals surface area contributed by atoms with Gasteiger partial charge in [-0.15, -0.1) is 11.3 Å². The third kappa shape index (κ3) is 3.75. The van der Waals surface area contributed by atoms with Crippen LogP contribution in [0.5, 0.6) is 0 Å². The van der Waals surface area contributed by atoms with E-state index < -0.39 is 11.8 Å². The molecule has 2 aliphatic rings. The van der Waals surface area contributed by atoms with Crippen LogP contribution in [-0.2, 0) is 27.2 Å². The molecule has 0 spiro atoms. The largest absolute Gasteiger partial charge is 0.365 e. The Kier molecular flexibility index (Phi) is 5.33. The first-order valence-electron chi connectivity index (χ1n) is 8.25. The van der Waals surface area contributed by atoms with Gasteiger partial charge in [-0.05, 0) is 43.5 Å². The van der Waals surface area contributed by atoms with Gasteiger partial charge in [-0.3, -0.25) is 24.1 Å². The molecule has 0 aromatic carbocycles. The number of thiophene rings is 1. The fraction of sp³-hybridized carbons (Fsp3) is 0.438. The van der Waals surface area contributed by atoms with Crippen LogP contribution in [0.2, 0.25) is 0 Å². The summed E-state index contributed by atoms with van der Waals surface area (Å²) in [6.07, 6.45) is 3.99. The van der Waals surface area contributed by atoms with Gasteiger partial charge in [0.2, 0.25) is 17.7 Å². The van der Waals surface area contributed by atoms with Crippen LogP contribution in [-0.4, -0.2) is 40.2 Å². The lowest BCUT2D eigenvalue weighted by Gasteiger charge is -2.14. The molecule has 0 saturated carbocycles. The van der Waals surface area contributed by atoms with Gasteiger partial charge in [-0.1, -0.05) is 0 Å². The Morgan fingerprint density at radius 1 is 1.12 bits per heavy atom. The van der Waals surface area contributed by atoms with E-state index in [1.54, 1.807) is 0 Å². The fourth-order valence-corrected chi connectivity index (χ4v) is 4.74. The SMILES string of the molecule is NC(=O)c1c(NC(=S)NC(=O)CN2C(=O)CCC2=O)sc2c1CCCC2. The minimum Gasteiger partial charge on any atom is -0.365 e. The molecule has 0 atom stereocenters. The molecule has 26 heavy (non-hydrogen) atoms. The summed E-state index contributed by atoms with van der Waals surface area (Å²) in [5, 5.41) is 5.80. The highest BCUT2D eigenvalue weighted by molar-refractivity contribution is 7.80. The van der Waals surface area contributed by atoms with Gasteiger partial charge in [-0.25, -0.2) is 0 Å². The van der Waals surface area contributed by atoms with Crippen molar-refractivity contribution in [3.8, 4) is 0 Å². The number of carbonyl (C=O) groups excluding carboxylic acids is 4. The lowest BCUT2D eigenvalue weighted by atomic mass is 9.95. The summed E-state index contributed by atoms with van der Waals surface area (Å²) in [5.74, 6) is -1.85. The maximum atomic E-state index is 12.0. The highest BCUT2D eigenvalue weighted by Crippen LogP contribution is 2.37. The lowest BCUT2D eigenvalue weighted by molar-refractivity contribution is -0.142. The van der Waals surface area contributed by atoms with Gasteiger partial charge >= 0.3 is 0 Å². The number of hydrogen-bond acceptors (Lipinski definition) is 6. The van der Waals surface area contributed by atoms with Crippen LogP contribution < -0.4 is 16.4 Å². The number of rotatable bonds is 4. The monoisotopic (exact) mass is 394 g/mol. The lowest BCUT2D eigenvalue weighted by Crippen LogP contribution is -2.43. The predicted molar refractivity (Wildman–Crippen MR) is 99.8 cm³/mol. The Bertz CT molecular complexity index is 801. The summed E-state index contributed by atoms with van der Waals surface area (Å²) in [7, 11) is 0. The van der Waals surface area contributed by atoms with Gasteiger partial charge in [-0.2, -0.15) is 0 Å². The number of fused-ring (bicyclic) bond motifs is 1. The average Bonchev–Trinajstić information content (AvgIpc) is 3.08. The number of amides is 4. The molecule has 138 valence electrons. The molecule has 1 fully saturated rings. The molecule has 1 saturated heterocycles. The number of nitrogens with one attached hydrogen (secondary N) is 2. The van der Waals surface area contributed by atoms with Crippen molar-refractivity contribution in [2.45, 2.75) is 38.5 Å². The van der Waals surface area contributed by atoms with Crippen LogP contribution in [0.25, 0.3) is 0 Å². The maximum absolute atomic E-state index is 12.0. The Morgan fingerprint density at radius 3 is 2.42 bits per heavy atom. The summed E-state index contributed by atoms with van der Waals surface area (Å²) < 4.78 is 0. The molecular formula is C16H18N4O4S2. The van der Waals surface area contributed by atoms with E-state index in [1.165, 1.54) is 11.3 Å². The molecule has 1 aliphatic heterocycles. The summed E-state index contributed by atoms with van der Waals surface area (Å²) in [4.78, 5) is 49.0. The second-order valence-electron chi connectivity index (χ2n) is 6.16. The number of aryl methyl sites for hydroxylation is 1. The van der Waals surface area contributed by atoms with E-state index in [0.717, 1.165) is 41.0 Å². The number of hydrogen-bond donors (Lipinski definition) is 3. The van der Waals surface area contributed by atoms with Gasteiger partial charge in [0.15, 0.2) is 5.11 Å². The molecule has 0 unspecified atom stereocenters. The normalized spacial score (nSPS) is 16.4. The highest BCUT2D eigenvalue weighted by Gasteiger charge is 2.31. The van der Waals surface area contributed by atoms with Crippen LogP contribution in [0, 0.1) is 0 Å². The molecule has 4 amide bonds. The summed E-state index contributed by atoms with van der Waals surface area (Å²) in [6.45, 7) is -0.372. The molecule has 0 bridgehead atoms. The molecule has 3 rings (SSSR count). The van der Waals surface area contributed by atoms with Crippen molar-refractivity contribution in [3.05, 3.63) is 16.0 Å². The Morgan fingerprint density at radius 2 is 1.77 bits per heavy atom. The number of anilines is 1. The molecule has 0 radical (unpaired) electrons. The first-order chi connectivity index (χ1) is 12.4. The Hall–Kier alpha value is -2.33. The standard InChI is InChI=1S/C16H18N4O4S2/c17-14(24)13-8-3-1-2-4-9(8)26-15(13)19-16(25)18-10(21)7-20-11(22)5-6-12(20)23/h1-7H2,(H2,17,24)(H2,18,19,21,25). The highest BCUT2D eigenvalue weighted by atomic mass is 32.1. The molecular weight excluding hydrogens is 376 g/mol.